The highest BCUT2D eigenvalue weighted by Gasteiger charge is 2.25. The van der Waals surface area contributed by atoms with E-state index in [0.717, 1.165) is 25.7 Å². The minimum absolute atomic E-state index is 0.0183. The van der Waals surface area contributed by atoms with E-state index >= 15 is 0 Å². The van der Waals surface area contributed by atoms with Gasteiger partial charge in [-0.05, 0) is 25.7 Å². The third-order valence-electron chi connectivity index (χ3n) is 3.11. The zero-order valence-electron chi connectivity index (χ0n) is 10.6. The van der Waals surface area contributed by atoms with E-state index in [-0.39, 0.29) is 12.1 Å². The van der Waals surface area contributed by atoms with Crippen molar-refractivity contribution in [2.45, 2.75) is 37.8 Å². The molecule has 1 aliphatic rings. The Kier molecular flexibility index (Phi) is 5.81. The van der Waals surface area contributed by atoms with Crippen LogP contribution in [0.25, 0.3) is 0 Å². The molecule has 0 aromatic heterocycles. The molecule has 7 heteroatoms. The lowest BCUT2D eigenvalue weighted by Gasteiger charge is -2.28. The first-order valence-electron chi connectivity index (χ1n) is 5.94. The molecule has 17 heavy (non-hydrogen) atoms. The van der Waals surface area contributed by atoms with E-state index < -0.39 is 10.2 Å². The van der Waals surface area contributed by atoms with Crippen LogP contribution in [-0.4, -0.2) is 52.1 Å². The molecule has 102 valence electrons. The summed E-state index contributed by atoms with van der Waals surface area (Å²) in [6, 6.07) is 0.242. The fraction of sp³-hybridized carbons (Fsp3) is 1.00. The van der Waals surface area contributed by atoms with Crippen LogP contribution in [0.3, 0.4) is 0 Å². The van der Waals surface area contributed by atoms with E-state index in [1.165, 1.54) is 4.31 Å². The minimum atomic E-state index is -3.39. The van der Waals surface area contributed by atoms with Crippen LogP contribution in [0.4, 0.5) is 0 Å². The van der Waals surface area contributed by atoms with Gasteiger partial charge in [0, 0.05) is 32.8 Å². The molecule has 0 atom stereocenters. The maximum Gasteiger partial charge on any atom is 0.279 e. The summed E-state index contributed by atoms with van der Waals surface area (Å²) in [4.78, 5) is 0. The number of nitrogens with one attached hydrogen (secondary N) is 1. The lowest BCUT2D eigenvalue weighted by molar-refractivity contribution is 0.184. The number of hydrogen-bond donors (Lipinski definition) is 2. The first-order chi connectivity index (χ1) is 7.95. The molecule has 0 aromatic rings. The van der Waals surface area contributed by atoms with Crippen LogP contribution in [0.5, 0.6) is 0 Å². The summed E-state index contributed by atoms with van der Waals surface area (Å²) in [5, 5.41) is 0. The standard InChI is InChI=1S/C10H23N3O3S/c1-13(7-8-16-2)17(14,15)12-10-5-3-9(11)4-6-10/h9-10,12H,3-8,11H2,1-2H3. The quantitative estimate of drug-likeness (QED) is 0.688. The summed E-state index contributed by atoms with van der Waals surface area (Å²) in [6.45, 7) is 0.755. The van der Waals surface area contributed by atoms with Gasteiger partial charge in [-0.1, -0.05) is 0 Å². The number of hydrogen-bond acceptors (Lipinski definition) is 4. The van der Waals surface area contributed by atoms with Gasteiger partial charge in [-0.25, -0.2) is 0 Å². The Labute approximate surface area is 104 Å². The molecule has 0 unspecified atom stereocenters. The summed E-state index contributed by atoms with van der Waals surface area (Å²) in [6.07, 6.45) is 3.40. The highest BCUT2D eigenvalue weighted by molar-refractivity contribution is 7.87. The number of rotatable bonds is 6. The number of nitrogens with zero attached hydrogens (tertiary/aromatic N) is 1. The number of nitrogens with two attached hydrogens (primary N) is 1. The van der Waals surface area contributed by atoms with Crippen LogP contribution in [-0.2, 0) is 14.9 Å². The molecular formula is C10H23N3O3S. The second-order valence-corrected chi connectivity index (χ2v) is 6.36. The summed E-state index contributed by atoms with van der Waals surface area (Å²) in [7, 11) is -0.284. The Bertz CT molecular complexity index is 313. The van der Waals surface area contributed by atoms with Crippen molar-refractivity contribution in [3.8, 4) is 0 Å². The maximum absolute atomic E-state index is 11.9. The Morgan fingerprint density at radius 3 is 2.47 bits per heavy atom. The van der Waals surface area contributed by atoms with Gasteiger partial charge < -0.3 is 10.5 Å². The van der Waals surface area contributed by atoms with Gasteiger partial charge in [0.25, 0.3) is 10.2 Å². The molecule has 0 bridgehead atoms. The van der Waals surface area contributed by atoms with E-state index in [1.807, 2.05) is 0 Å². The normalized spacial score (nSPS) is 26.4. The number of likely N-dealkylation sites (N-methyl/N-ethyl adjacent to an activating group) is 1. The Morgan fingerprint density at radius 1 is 1.35 bits per heavy atom. The zero-order chi connectivity index (χ0) is 12.9. The maximum atomic E-state index is 11.9. The van der Waals surface area contributed by atoms with E-state index in [4.69, 9.17) is 10.5 Å². The lowest BCUT2D eigenvalue weighted by Crippen LogP contribution is -2.46. The van der Waals surface area contributed by atoms with Gasteiger partial charge in [0.15, 0.2) is 0 Å². The molecule has 0 spiro atoms. The molecule has 1 saturated carbocycles. The third-order valence-corrected chi connectivity index (χ3v) is 4.74. The molecule has 0 amide bonds. The van der Waals surface area contributed by atoms with Gasteiger partial charge in [0.2, 0.25) is 0 Å². The first-order valence-corrected chi connectivity index (χ1v) is 7.38. The second kappa shape index (κ2) is 6.65. The molecule has 0 radical (unpaired) electrons. The fourth-order valence-electron chi connectivity index (χ4n) is 1.88. The van der Waals surface area contributed by atoms with Crippen LogP contribution >= 0.6 is 0 Å². The second-order valence-electron chi connectivity index (χ2n) is 4.55. The summed E-state index contributed by atoms with van der Waals surface area (Å²) in [5.74, 6) is 0. The lowest BCUT2D eigenvalue weighted by atomic mass is 9.93. The van der Waals surface area contributed by atoms with Crippen molar-refractivity contribution in [3.05, 3.63) is 0 Å². The molecule has 0 saturated heterocycles. The first kappa shape index (κ1) is 14.8. The van der Waals surface area contributed by atoms with E-state index in [9.17, 15) is 8.42 Å². The fourth-order valence-corrected chi connectivity index (χ4v) is 3.03. The SMILES string of the molecule is COCCN(C)S(=O)(=O)NC1CCC(N)CC1. The van der Waals surface area contributed by atoms with Crippen LogP contribution < -0.4 is 10.5 Å². The van der Waals surface area contributed by atoms with Gasteiger partial charge in [-0.3, -0.25) is 0 Å². The molecule has 1 rings (SSSR count). The predicted octanol–water partition coefficient (Wildman–Crippen LogP) is -0.331. The van der Waals surface area contributed by atoms with Crippen molar-refractivity contribution in [2.24, 2.45) is 5.73 Å². The highest BCUT2D eigenvalue weighted by Crippen LogP contribution is 2.17. The topological polar surface area (TPSA) is 84.7 Å². The van der Waals surface area contributed by atoms with Crippen LogP contribution in [0.2, 0.25) is 0 Å². The van der Waals surface area contributed by atoms with Crippen molar-refractivity contribution < 1.29 is 13.2 Å². The van der Waals surface area contributed by atoms with Gasteiger partial charge in [0.1, 0.15) is 0 Å². The molecular weight excluding hydrogens is 242 g/mol. The average molecular weight is 265 g/mol. The van der Waals surface area contributed by atoms with Gasteiger partial charge in [0.05, 0.1) is 6.61 Å². The van der Waals surface area contributed by atoms with Crippen LogP contribution in [0.1, 0.15) is 25.7 Å². The van der Waals surface area contributed by atoms with Gasteiger partial charge >= 0.3 is 0 Å². The van der Waals surface area contributed by atoms with Crippen molar-refractivity contribution in [2.75, 3.05) is 27.3 Å². The zero-order valence-corrected chi connectivity index (χ0v) is 11.4. The predicted molar refractivity (Wildman–Crippen MR) is 66.8 cm³/mol. The largest absolute Gasteiger partial charge is 0.383 e. The average Bonchev–Trinajstić information content (AvgIpc) is 2.28. The highest BCUT2D eigenvalue weighted by atomic mass is 32.2. The molecule has 3 N–H and O–H groups in total. The molecule has 0 aliphatic heterocycles. The molecule has 1 aliphatic carbocycles. The molecule has 1 fully saturated rings. The summed E-state index contributed by atoms with van der Waals surface area (Å²) in [5.41, 5.74) is 5.78. The van der Waals surface area contributed by atoms with Crippen molar-refractivity contribution in [3.63, 3.8) is 0 Å². The van der Waals surface area contributed by atoms with Crippen molar-refractivity contribution >= 4 is 10.2 Å². The monoisotopic (exact) mass is 265 g/mol. The number of methoxy groups -OCH3 is 1. The summed E-state index contributed by atoms with van der Waals surface area (Å²) < 4.78 is 32.7. The Morgan fingerprint density at radius 2 is 1.94 bits per heavy atom. The van der Waals surface area contributed by atoms with Crippen molar-refractivity contribution in [1.82, 2.24) is 9.03 Å². The summed E-state index contributed by atoms with van der Waals surface area (Å²) >= 11 is 0. The Balaban J connectivity index is 2.43. The van der Waals surface area contributed by atoms with Gasteiger partial charge in [-0.15, -0.1) is 0 Å². The Hall–Kier alpha value is -0.210. The minimum Gasteiger partial charge on any atom is -0.383 e. The molecule has 0 heterocycles. The molecule has 0 aromatic carbocycles. The van der Waals surface area contributed by atoms with Crippen molar-refractivity contribution in [1.29, 1.82) is 0 Å². The van der Waals surface area contributed by atoms with E-state index in [0.29, 0.717) is 13.2 Å². The number of ether oxygens (including phenoxy) is 1. The molecule has 6 nitrogen and oxygen atoms in total. The smallest absolute Gasteiger partial charge is 0.279 e. The third kappa shape index (κ3) is 4.89. The van der Waals surface area contributed by atoms with Crippen LogP contribution in [0.15, 0.2) is 0 Å². The van der Waals surface area contributed by atoms with Gasteiger partial charge in [-0.2, -0.15) is 17.4 Å². The van der Waals surface area contributed by atoms with Crippen LogP contribution in [0, 0.1) is 0 Å². The van der Waals surface area contributed by atoms with E-state index in [2.05, 4.69) is 4.72 Å². The van der Waals surface area contributed by atoms with E-state index in [1.54, 1.807) is 14.2 Å².